The summed E-state index contributed by atoms with van der Waals surface area (Å²) in [6.45, 7) is -0.170. The predicted octanol–water partition coefficient (Wildman–Crippen LogP) is 1.56. The van der Waals surface area contributed by atoms with Gasteiger partial charge in [0.1, 0.15) is 5.52 Å². The Morgan fingerprint density at radius 2 is 2.22 bits per heavy atom. The highest BCUT2D eigenvalue weighted by Gasteiger charge is 2.12. The van der Waals surface area contributed by atoms with E-state index >= 15 is 0 Å². The van der Waals surface area contributed by atoms with Crippen molar-refractivity contribution in [2.45, 2.75) is 6.61 Å². The molecule has 92 valence electrons. The van der Waals surface area contributed by atoms with Crippen LogP contribution in [0.3, 0.4) is 0 Å². The van der Waals surface area contributed by atoms with Crippen LogP contribution in [0.1, 0.15) is 5.56 Å². The van der Waals surface area contributed by atoms with Crippen LogP contribution in [0.5, 0.6) is 0 Å². The molecule has 0 radical (unpaired) electrons. The molecule has 0 saturated carbocycles. The predicted molar refractivity (Wildman–Crippen MR) is 69.8 cm³/mol. The first kappa shape index (κ1) is 11.3. The van der Waals surface area contributed by atoms with Crippen LogP contribution < -0.4 is 5.56 Å². The highest BCUT2D eigenvalue weighted by molar-refractivity contribution is 6.36. The number of aryl methyl sites for hydroxylation is 1. The minimum Gasteiger partial charge on any atom is -0.392 e. The monoisotopic (exact) mass is 263 g/mol. The smallest absolute Gasteiger partial charge is 0.259 e. The molecule has 0 bridgehead atoms. The minimum absolute atomic E-state index is 0.170. The molecule has 2 aromatic heterocycles. The third-order valence-corrected chi connectivity index (χ3v) is 3.39. The normalized spacial score (nSPS) is 11.5. The molecule has 0 amide bonds. The standard InChI is InChI=1S/C12H10ClN3O2/c1-16-4-8-10(15-16)7-3-2-6(5-17)9(13)11(7)14-12(8)18/h2-4,17H,5H2,1H3,(H,14,18). The molecule has 0 saturated heterocycles. The highest BCUT2D eigenvalue weighted by atomic mass is 35.5. The molecule has 3 aromatic rings. The molecule has 0 fully saturated rings. The second-order valence-electron chi connectivity index (χ2n) is 4.14. The van der Waals surface area contributed by atoms with Crippen molar-refractivity contribution in [2.24, 2.45) is 7.05 Å². The van der Waals surface area contributed by atoms with Gasteiger partial charge in [-0.3, -0.25) is 9.48 Å². The molecule has 0 atom stereocenters. The van der Waals surface area contributed by atoms with Crippen LogP contribution in [-0.2, 0) is 13.7 Å². The number of fused-ring (bicyclic) bond motifs is 3. The number of aliphatic hydroxyl groups excluding tert-OH is 1. The number of hydrogen-bond acceptors (Lipinski definition) is 3. The molecule has 2 N–H and O–H groups in total. The maximum atomic E-state index is 11.9. The summed E-state index contributed by atoms with van der Waals surface area (Å²) in [5.41, 5.74) is 1.47. The van der Waals surface area contributed by atoms with Gasteiger partial charge in [-0.15, -0.1) is 0 Å². The Morgan fingerprint density at radius 1 is 1.44 bits per heavy atom. The fourth-order valence-corrected chi connectivity index (χ4v) is 2.37. The Bertz CT molecular complexity index is 819. The Kier molecular flexibility index (Phi) is 2.39. The van der Waals surface area contributed by atoms with E-state index in [4.69, 9.17) is 16.7 Å². The van der Waals surface area contributed by atoms with Gasteiger partial charge in [0.2, 0.25) is 0 Å². The zero-order valence-electron chi connectivity index (χ0n) is 9.57. The number of aliphatic hydroxyl groups is 1. The second-order valence-corrected chi connectivity index (χ2v) is 4.52. The number of benzene rings is 1. The first-order valence-corrected chi connectivity index (χ1v) is 5.77. The minimum atomic E-state index is -0.234. The van der Waals surface area contributed by atoms with Gasteiger partial charge in [-0.05, 0) is 5.56 Å². The second kappa shape index (κ2) is 3.83. The Balaban J connectivity index is 2.57. The molecular formula is C12H10ClN3O2. The van der Waals surface area contributed by atoms with E-state index in [1.54, 1.807) is 30.1 Å². The largest absolute Gasteiger partial charge is 0.392 e. The topological polar surface area (TPSA) is 70.9 Å². The summed E-state index contributed by atoms with van der Waals surface area (Å²) >= 11 is 6.16. The fraction of sp³-hybridized carbons (Fsp3) is 0.167. The fourth-order valence-electron chi connectivity index (χ4n) is 2.10. The lowest BCUT2D eigenvalue weighted by atomic mass is 10.1. The quantitative estimate of drug-likeness (QED) is 0.700. The molecular weight excluding hydrogens is 254 g/mol. The average molecular weight is 264 g/mol. The third kappa shape index (κ3) is 1.45. The van der Waals surface area contributed by atoms with E-state index in [2.05, 4.69) is 10.1 Å². The average Bonchev–Trinajstić information content (AvgIpc) is 2.73. The van der Waals surface area contributed by atoms with Gasteiger partial charge >= 0.3 is 0 Å². The van der Waals surface area contributed by atoms with E-state index in [9.17, 15) is 4.79 Å². The molecule has 3 rings (SSSR count). The molecule has 0 aliphatic heterocycles. The van der Waals surface area contributed by atoms with Gasteiger partial charge in [-0.25, -0.2) is 0 Å². The number of halogens is 1. The molecule has 0 unspecified atom stereocenters. The van der Waals surface area contributed by atoms with Crippen LogP contribution >= 0.6 is 11.6 Å². The van der Waals surface area contributed by atoms with E-state index in [0.29, 0.717) is 27.0 Å². The number of nitrogens with one attached hydrogen (secondary N) is 1. The molecule has 0 spiro atoms. The molecule has 2 heterocycles. The highest BCUT2D eigenvalue weighted by Crippen LogP contribution is 2.28. The first-order valence-electron chi connectivity index (χ1n) is 5.39. The van der Waals surface area contributed by atoms with Gasteiger partial charge < -0.3 is 10.1 Å². The molecule has 5 nitrogen and oxygen atoms in total. The Hall–Kier alpha value is -1.85. The molecule has 18 heavy (non-hydrogen) atoms. The van der Waals surface area contributed by atoms with E-state index in [-0.39, 0.29) is 12.2 Å². The Morgan fingerprint density at radius 3 is 2.94 bits per heavy atom. The molecule has 6 heteroatoms. The summed E-state index contributed by atoms with van der Waals surface area (Å²) in [5.74, 6) is 0. The molecule has 1 aromatic carbocycles. The van der Waals surface area contributed by atoms with Crippen molar-refractivity contribution in [3.05, 3.63) is 39.3 Å². The SMILES string of the molecule is Cn1cc2c(=O)[nH]c3c(Cl)c(CO)ccc3c2n1. The van der Waals surface area contributed by atoms with Gasteiger partial charge in [-0.1, -0.05) is 23.7 Å². The van der Waals surface area contributed by atoms with Crippen molar-refractivity contribution in [3.63, 3.8) is 0 Å². The van der Waals surface area contributed by atoms with Crippen LogP contribution in [0.15, 0.2) is 23.1 Å². The van der Waals surface area contributed by atoms with Crippen LogP contribution in [-0.4, -0.2) is 19.9 Å². The van der Waals surface area contributed by atoms with Crippen LogP contribution in [0.2, 0.25) is 5.02 Å². The third-order valence-electron chi connectivity index (χ3n) is 2.96. The number of pyridine rings is 1. The lowest BCUT2D eigenvalue weighted by Crippen LogP contribution is -2.06. The number of hydrogen-bond donors (Lipinski definition) is 2. The van der Waals surface area contributed by atoms with Crippen molar-refractivity contribution in [3.8, 4) is 0 Å². The van der Waals surface area contributed by atoms with Crippen LogP contribution in [0.25, 0.3) is 21.8 Å². The van der Waals surface area contributed by atoms with E-state index < -0.39 is 0 Å². The number of aromatic nitrogens is 3. The van der Waals surface area contributed by atoms with E-state index in [0.717, 1.165) is 5.39 Å². The van der Waals surface area contributed by atoms with Gasteiger partial charge in [0.15, 0.2) is 0 Å². The van der Waals surface area contributed by atoms with E-state index in [1.807, 2.05) is 0 Å². The zero-order valence-corrected chi connectivity index (χ0v) is 10.3. The lowest BCUT2D eigenvalue weighted by molar-refractivity contribution is 0.282. The van der Waals surface area contributed by atoms with Crippen molar-refractivity contribution in [1.82, 2.24) is 14.8 Å². The molecule has 0 aliphatic carbocycles. The summed E-state index contributed by atoms with van der Waals surface area (Å²) in [7, 11) is 1.76. The van der Waals surface area contributed by atoms with Crippen LogP contribution in [0, 0.1) is 0 Å². The zero-order chi connectivity index (χ0) is 12.9. The number of aromatic amines is 1. The number of H-pyrrole nitrogens is 1. The number of rotatable bonds is 1. The van der Waals surface area contributed by atoms with Crippen molar-refractivity contribution >= 4 is 33.4 Å². The maximum Gasteiger partial charge on any atom is 0.259 e. The first-order chi connectivity index (χ1) is 8.61. The van der Waals surface area contributed by atoms with Gasteiger partial charge in [-0.2, -0.15) is 5.10 Å². The lowest BCUT2D eigenvalue weighted by Gasteiger charge is -2.05. The summed E-state index contributed by atoms with van der Waals surface area (Å²) < 4.78 is 1.59. The summed E-state index contributed by atoms with van der Waals surface area (Å²) in [5, 5.41) is 15.1. The van der Waals surface area contributed by atoms with Gasteiger partial charge in [0.25, 0.3) is 5.56 Å². The van der Waals surface area contributed by atoms with Gasteiger partial charge in [0, 0.05) is 18.6 Å². The summed E-state index contributed by atoms with van der Waals surface area (Å²) in [6.07, 6.45) is 1.67. The van der Waals surface area contributed by atoms with Crippen LogP contribution in [0.4, 0.5) is 0 Å². The van der Waals surface area contributed by atoms with E-state index in [1.165, 1.54) is 0 Å². The van der Waals surface area contributed by atoms with Crippen molar-refractivity contribution in [1.29, 1.82) is 0 Å². The summed E-state index contributed by atoms with van der Waals surface area (Å²) in [4.78, 5) is 14.7. The Labute approximate surface area is 107 Å². The maximum absolute atomic E-state index is 11.9. The van der Waals surface area contributed by atoms with Gasteiger partial charge in [0.05, 0.1) is 22.5 Å². The molecule has 0 aliphatic rings. The van der Waals surface area contributed by atoms with Crippen molar-refractivity contribution in [2.75, 3.05) is 0 Å². The number of nitrogens with zero attached hydrogens (tertiary/aromatic N) is 2. The summed E-state index contributed by atoms with van der Waals surface area (Å²) in [6, 6.07) is 3.54. The van der Waals surface area contributed by atoms with Crippen molar-refractivity contribution < 1.29 is 5.11 Å².